The number of nitrogens with one attached hydrogen (secondary N) is 1. The predicted molar refractivity (Wildman–Crippen MR) is 221 cm³/mol. The lowest BCUT2D eigenvalue weighted by Gasteiger charge is -2.39. The van der Waals surface area contributed by atoms with E-state index in [-0.39, 0.29) is 54.1 Å². The van der Waals surface area contributed by atoms with Crippen LogP contribution in [0.2, 0.25) is 0 Å². The van der Waals surface area contributed by atoms with Gasteiger partial charge in [0, 0.05) is 39.2 Å². The number of carbonyl (C=O) groups excluding carboxylic acids is 5. The van der Waals surface area contributed by atoms with E-state index in [0.29, 0.717) is 44.4 Å². The molecule has 1 aromatic rings. The highest BCUT2D eigenvalue weighted by Gasteiger charge is 2.44. The van der Waals surface area contributed by atoms with Crippen LogP contribution in [-0.2, 0) is 35.1 Å². The number of aliphatic imine (C=N–C) groups is 1. The predicted octanol–water partition coefficient (Wildman–Crippen LogP) is 5.67. The normalized spacial score (nSPS) is 29.5. The molecule has 1 aromatic carbocycles. The molecule has 13 heteroatoms. The summed E-state index contributed by atoms with van der Waals surface area (Å²) in [6.45, 7) is 14.3. The number of carbonyl (C=O) groups is 5. The van der Waals surface area contributed by atoms with E-state index in [2.05, 4.69) is 39.1 Å². The van der Waals surface area contributed by atoms with Crippen molar-refractivity contribution in [3.63, 3.8) is 0 Å². The molecule has 0 aliphatic carbocycles. The highest BCUT2D eigenvalue weighted by Crippen LogP contribution is 2.32. The van der Waals surface area contributed by atoms with Crippen LogP contribution in [0, 0.1) is 17.3 Å². The van der Waals surface area contributed by atoms with Gasteiger partial charge in [0.2, 0.25) is 23.6 Å². The van der Waals surface area contributed by atoms with E-state index in [0.717, 1.165) is 22.8 Å². The Hall–Kier alpha value is -3.87. The second-order valence-electron chi connectivity index (χ2n) is 17.0. The summed E-state index contributed by atoms with van der Waals surface area (Å²) in [4.78, 5) is 79.7. The summed E-state index contributed by atoms with van der Waals surface area (Å²) in [6.07, 6.45) is 7.91. The van der Waals surface area contributed by atoms with Crippen LogP contribution in [-0.4, -0.2) is 119 Å². The van der Waals surface area contributed by atoms with Crippen LogP contribution >= 0.6 is 11.8 Å². The molecule has 1 fully saturated rings. The van der Waals surface area contributed by atoms with E-state index in [9.17, 15) is 24.0 Å². The minimum atomic E-state index is -0.957. The molecule has 3 aliphatic heterocycles. The molecule has 3 unspecified atom stereocenters. The van der Waals surface area contributed by atoms with Gasteiger partial charge in [-0.3, -0.25) is 24.2 Å². The van der Waals surface area contributed by atoms with Crippen molar-refractivity contribution in [2.24, 2.45) is 22.2 Å². The molecule has 3 heterocycles. The van der Waals surface area contributed by atoms with Gasteiger partial charge in [-0.05, 0) is 80.1 Å². The molecular formula is C43H65N5O7S. The maximum absolute atomic E-state index is 14.5. The molecule has 0 radical (unpaired) electrons. The number of benzene rings is 1. The van der Waals surface area contributed by atoms with Gasteiger partial charge in [0.25, 0.3) is 0 Å². The molecule has 1 N–H and O–H groups in total. The lowest BCUT2D eigenvalue weighted by atomic mass is 9.83. The summed E-state index contributed by atoms with van der Waals surface area (Å²) in [5.41, 5.74) is 0.491. The van der Waals surface area contributed by atoms with Gasteiger partial charge in [-0.1, -0.05) is 66.2 Å². The molecule has 310 valence electrons. The maximum Gasteiger partial charge on any atom is 0.329 e. The number of rotatable bonds is 5. The molecule has 0 aromatic heterocycles. The smallest absolute Gasteiger partial charge is 0.329 e. The first-order chi connectivity index (χ1) is 26.4. The van der Waals surface area contributed by atoms with Crippen LogP contribution in [0.4, 0.5) is 0 Å². The first-order valence-corrected chi connectivity index (χ1v) is 21.3. The molecule has 4 rings (SSSR count). The summed E-state index contributed by atoms with van der Waals surface area (Å²) in [5, 5.41) is 3.89. The van der Waals surface area contributed by atoms with Crippen molar-refractivity contribution in [2.45, 2.75) is 136 Å². The summed E-state index contributed by atoms with van der Waals surface area (Å²) < 4.78 is 11.6. The molecule has 0 saturated carbocycles. The zero-order valence-corrected chi connectivity index (χ0v) is 36.0. The van der Waals surface area contributed by atoms with Gasteiger partial charge in [0.15, 0.2) is 0 Å². The van der Waals surface area contributed by atoms with Crippen molar-refractivity contribution in [2.75, 3.05) is 33.5 Å². The van der Waals surface area contributed by atoms with E-state index >= 15 is 0 Å². The summed E-state index contributed by atoms with van der Waals surface area (Å²) >= 11 is 1.66. The Morgan fingerprint density at radius 3 is 2.34 bits per heavy atom. The number of esters is 1. The quantitative estimate of drug-likeness (QED) is 0.377. The van der Waals surface area contributed by atoms with Crippen molar-refractivity contribution in [3.8, 4) is 5.75 Å². The fourth-order valence-electron chi connectivity index (χ4n) is 7.59. The van der Waals surface area contributed by atoms with E-state index in [1.54, 1.807) is 56.9 Å². The fraction of sp³-hybridized carbons (Fsp3) is 0.674. The van der Waals surface area contributed by atoms with Crippen LogP contribution in [0.25, 0.3) is 0 Å². The van der Waals surface area contributed by atoms with E-state index < -0.39 is 42.0 Å². The van der Waals surface area contributed by atoms with Gasteiger partial charge in [-0.25, -0.2) is 4.79 Å². The number of cyclic esters (lactones) is 1. The number of amides is 4. The second kappa shape index (κ2) is 20.0. The SMILES string of the molecule is CC[C@H](C)[C@H]1C(=O)N2CCC[C@H]2C(=O)OC(C(C)(C)C)CC(C)C/C=C/C2=NC(CCC(=O)N[C@@H](Cc3ccc(OC)cc3)C(=O)N(C)[C@@H](C)C(=O)N1C)CS2. The molecule has 3 aliphatic rings. The third kappa shape index (κ3) is 11.6. The lowest BCUT2D eigenvalue weighted by Crippen LogP contribution is -2.59. The van der Waals surface area contributed by atoms with Crippen molar-refractivity contribution < 1.29 is 33.4 Å². The zero-order chi connectivity index (χ0) is 41.3. The molecule has 56 heavy (non-hydrogen) atoms. The van der Waals surface area contributed by atoms with Gasteiger partial charge in [0.1, 0.15) is 36.0 Å². The first kappa shape index (κ1) is 44.8. The van der Waals surface area contributed by atoms with Crippen LogP contribution in [0.1, 0.15) is 99.0 Å². The van der Waals surface area contributed by atoms with Crippen LogP contribution in [0.3, 0.4) is 0 Å². The Bertz CT molecular complexity index is 1610. The van der Waals surface area contributed by atoms with Crippen LogP contribution in [0.5, 0.6) is 5.75 Å². The van der Waals surface area contributed by atoms with Gasteiger partial charge >= 0.3 is 5.97 Å². The Kier molecular flexibility index (Phi) is 16.0. The number of hydrogen-bond acceptors (Lipinski definition) is 9. The van der Waals surface area contributed by atoms with Gasteiger partial charge in [-0.2, -0.15) is 0 Å². The molecule has 2 bridgehead atoms. The summed E-state index contributed by atoms with van der Waals surface area (Å²) in [5.74, 6) is -0.393. The standard InChI is InChI=1S/C43H65N5O7S/c1-11-28(3)38-41(52)48-23-13-15-34(48)42(53)55-35(43(5,6)7)24-27(2)14-12-16-37-44-31(26-56-37)19-22-36(49)45-33(25-30-17-20-32(54-10)21-18-30)40(51)46(8)29(4)39(50)47(38)9/h12,16-18,20-21,27-29,31,33-35,38H,11,13-15,19,22-26H2,1-10H3,(H,45,49)/b16-12+/t27?,28-,29-,31?,33-,34-,35?,38-/m0/s1. The summed E-state index contributed by atoms with van der Waals surface area (Å²) in [6, 6.07) is 3.76. The fourth-order valence-corrected chi connectivity index (χ4v) is 8.61. The third-order valence-corrected chi connectivity index (χ3v) is 12.7. The zero-order valence-electron chi connectivity index (χ0n) is 35.2. The van der Waals surface area contributed by atoms with Gasteiger partial charge in [0.05, 0.1) is 18.2 Å². The summed E-state index contributed by atoms with van der Waals surface area (Å²) in [7, 11) is 4.73. The highest BCUT2D eigenvalue weighted by atomic mass is 32.2. The minimum absolute atomic E-state index is 0.0232. The number of fused-ring (bicyclic) bond motifs is 2. The largest absolute Gasteiger partial charge is 0.497 e. The average molecular weight is 796 g/mol. The van der Waals surface area contributed by atoms with E-state index in [1.165, 1.54) is 9.80 Å². The van der Waals surface area contributed by atoms with E-state index in [4.69, 9.17) is 14.5 Å². The van der Waals surface area contributed by atoms with Crippen LogP contribution in [0.15, 0.2) is 41.4 Å². The number of hydrogen-bond donors (Lipinski definition) is 1. The maximum atomic E-state index is 14.5. The van der Waals surface area contributed by atoms with E-state index in [1.807, 2.05) is 32.1 Å². The molecule has 0 spiro atoms. The number of likely N-dealkylation sites (N-methyl/N-ethyl adjacent to an activating group) is 2. The third-order valence-electron chi connectivity index (χ3n) is 11.6. The number of nitrogens with zero attached hydrogens (tertiary/aromatic N) is 4. The first-order valence-electron chi connectivity index (χ1n) is 20.3. The Labute approximate surface area is 338 Å². The van der Waals surface area contributed by atoms with Crippen LogP contribution < -0.4 is 10.1 Å². The molecule has 4 amide bonds. The van der Waals surface area contributed by atoms with Crippen molar-refractivity contribution in [3.05, 3.63) is 42.0 Å². The molecule has 12 nitrogen and oxygen atoms in total. The van der Waals surface area contributed by atoms with Gasteiger partial charge in [-0.15, -0.1) is 11.8 Å². The van der Waals surface area contributed by atoms with Gasteiger partial charge < -0.3 is 29.5 Å². The molecular weight excluding hydrogens is 731 g/mol. The topological polar surface area (TPSA) is 138 Å². The molecule has 8 atom stereocenters. The number of methoxy groups -OCH3 is 1. The van der Waals surface area contributed by atoms with Crippen molar-refractivity contribution in [1.29, 1.82) is 0 Å². The minimum Gasteiger partial charge on any atom is -0.497 e. The van der Waals surface area contributed by atoms with Crippen molar-refractivity contribution >= 4 is 46.4 Å². The molecule has 1 saturated heterocycles. The monoisotopic (exact) mass is 795 g/mol. The number of allylic oxidation sites excluding steroid dienone is 1. The Morgan fingerprint density at radius 2 is 1.70 bits per heavy atom. The Morgan fingerprint density at radius 1 is 1.00 bits per heavy atom. The highest BCUT2D eigenvalue weighted by molar-refractivity contribution is 8.14. The lowest BCUT2D eigenvalue weighted by molar-refractivity contribution is -0.166. The number of ether oxygens (including phenoxy) is 2. The number of thioether (sulfide) groups is 1. The average Bonchev–Trinajstić information content (AvgIpc) is 3.85. The Balaban J connectivity index is 1.67. The van der Waals surface area contributed by atoms with Crippen molar-refractivity contribution in [1.82, 2.24) is 20.0 Å². The second-order valence-corrected chi connectivity index (χ2v) is 18.0.